The zero-order valence-electron chi connectivity index (χ0n) is 21.2. The van der Waals surface area contributed by atoms with Crippen molar-refractivity contribution in [3.8, 4) is 5.75 Å². The lowest BCUT2D eigenvalue weighted by molar-refractivity contribution is -0.153. The fourth-order valence-corrected chi connectivity index (χ4v) is 7.27. The molecule has 1 N–H and O–H groups in total. The van der Waals surface area contributed by atoms with E-state index < -0.39 is 17.6 Å². The number of thioether (sulfide) groups is 1. The molecule has 2 aliphatic rings. The number of carboxylic acid groups (broad SMARTS) is 1. The fraction of sp³-hybridized carbons (Fsp3) is 0.643. The van der Waals surface area contributed by atoms with Crippen molar-refractivity contribution in [1.29, 1.82) is 0 Å². The molecule has 1 saturated carbocycles. The fourth-order valence-electron chi connectivity index (χ4n) is 5.71. The van der Waals surface area contributed by atoms with Crippen LogP contribution in [0.1, 0.15) is 75.9 Å². The van der Waals surface area contributed by atoms with E-state index in [1.807, 2.05) is 0 Å². The van der Waals surface area contributed by atoms with E-state index in [1.165, 1.54) is 44.1 Å². The molecule has 0 unspecified atom stereocenters. The molecule has 2 fully saturated rings. The van der Waals surface area contributed by atoms with Gasteiger partial charge in [0.05, 0.1) is 23.1 Å². The minimum absolute atomic E-state index is 0.111. The molecule has 1 aliphatic carbocycles. The number of carbonyl (C=O) groups is 1. The number of rotatable bonds is 11. The van der Waals surface area contributed by atoms with Gasteiger partial charge in [-0.2, -0.15) is 11.8 Å². The molecular formula is C28H38ClFN2O3S. The summed E-state index contributed by atoms with van der Waals surface area (Å²) in [5.74, 6) is 0.973. The topological polar surface area (TPSA) is 62.7 Å². The second kappa shape index (κ2) is 12.8. The zero-order valence-corrected chi connectivity index (χ0v) is 22.8. The molecule has 1 aliphatic heterocycles. The molecule has 0 bridgehead atoms. The second-order valence-corrected chi connectivity index (χ2v) is 12.1. The monoisotopic (exact) mass is 536 g/mol. The quantitative estimate of drug-likeness (QED) is 0.304. The zero-order chi connectivity index (χ0) is 25.5. The number of aliphatic carboxylic acids is 1. The molecule has 1 saturated heterocycles. The van der Waals surface area contributed by atoms with Gasteiger partial charge in [-0.15, -0.1) is 0 Å². The third-order valence-corrected chi connectivity index (χ3v) is 9.82. The molecule has 4 rings (SSSR count). The second-order valence-electron chi connectivity index (χ2n) is 10.3. The SMILES string of the molecule is COc1ccc2ncc(Cl)c([C@@H](F)CCC3(C(=O)O)CCN(CCCSC4CCCCC4)CC3)c2c1. The Labute approximate surface area is 223 Å². The highest BCUT2D eigenvalue weighted by atomic mass is 35.5. The van der Waals surface area contributed by atoms with Crippen LogP contribution in [-0.2, 0) is 4.79 Å². The van der Waals surface area contributed by atoms with Crippen LogP contribution in [0.3, 0.4) is 0 Å². The van der Waals surface area contributed by atoms with E-state index >= 15 is 4.39 Å². The standard InChI is InChI=1S/C28H38ClFN2O3S/c1-35-20-8-9-25-22(18-20)26(23(29)19-31-25)24(30)10-11-28(27(33)34)12-15-32(16-13-28)14-5-17-36-21-6-3-2-4-7-21/h8-9,18-19,21,24H,2-7,10-17H2,1H3,(H,33,34)/t24-/m0/s1. The molecule has 0 radical (unpaired) electrons. The molecule has 8 heteroatoms. The normalized spacial score (nSPS) is 19.9. The van der Waals surface area contributed by atoms with Gasteiger partial charge >= 0.3 is 5.97 Å². The van der Waals surface area contributed by atoms with Crippen molar-refractivity contribution < 1.29 is 19.0 Å². The van der Waals surface area contributed by atoms with Crippen LogP contribution < -0.4 is 4.74 Å². The van der Waals surface area contributed by atoms with E-state index in [0.29, 0.717) is 41.5 Å². The maximum atomic E-state index is 15.6. The average molecular weight is 537 g/mol. The minimum atomic E-state index is -1.37. The molecular weight excluding hydrogens is 499 g/mol. The van der Waals surface area contributed by atoms with Crippen LogP contribution in [0.15, 0.2) is 24.4 Å². The number of halogens is 2. The van der Waals surface area contributed by atoms with E-state index in [9.17, 15) is 9.90 Å². The minimum Gasteiger partial charge on any atom is -0.497 e. The molecule has 1 aromatic carbocycles. The average Bonchev–Trinajstić information content (AvgIpc) is 2.90. The highest BCUT2D eigenvalue weighted by molar-refractivity contribution is 7.99. The third kappa shape index (κ3) is 6.65. The number of methoxy groups -OCH3 is 1. The van der Waals surface area contributed by atoms with Gasteiger partial charge in [0.1, 0.15) is 11.9 Å². The maximum Gasteiger partial charge on any atom is 0.309 e. The molecule has 0 spiro atoms. The van der Waals surface area contributed by atoms with E-state index in [1.54, 1.807) is 25.3 Å². The lowest BCUT2D eigenvalue weighted by Crippen LogP contribution is -2.44. The molecule has 5 nitrogen and oxygen atoms in total. The number of ether oxygens (including phenoxy) is 1. The van der Waals surface area contributed by atoms with Gasteiger partial charge in [0.25, 0.3) is 0 Å². The molecule has 1 aromatic heterocycles. The Kier molecular flexibility index (Phi) is 9.76. The first-order valence-electron chi connectivity index (χ1n) is 13.3. The lowest BCUT2D eigenvalue weighted by atomic mass is 9.74. The van der Waals surface area contributed by atoms with Crippen molar-refractivity contribution in [2.45, 2.75) is 75.6 Å². The summed E-state index contributed by atoms with van der Waals surface area (Å²) >= 11 is 8.49. The number of benzene rings is 1. The summed E-state index contributed by atoms with van der Waals surface area (Å²) in [4.78, 5) is 19.0. The van der Waals surface area contributed by atoms with Gasteiger partial charge in [0.15, 0.2) is 0 Å². The Morgan fingerprint density at radius 3 is 2.75 bits per heavy atom. The van der Waals surface area contributed by atoms with Gasteiger partial charge in [-0.05, 0) is 88.5 Å². The number of fused-ring (bicyclic) bond motifs is 1. The summed E-state index contributed by atoms with van der Waals surface area (Å²) in [5.41, 5.74) is 0.125. The Bertz CT molecular complexity index is 1030. The van der Waals surface area contributed by atoms with Crippen LogP contribution in [0.5, 0.6) is 5.75 Å². The number of likely N-dealkylation sites (tertiary alicyclic amines) is 1. The number of carboxylic acids is 1. The van der Waals surface area contributed by atoms with Crippen molar-refractivity contribution in [3.63, 3.8) is 0 Å². The number of alkyl halides is 1. The number of hydrogen-bond acceptors (Lipinski definition) is 5. The number of piperidine rings is 1. The van der Waals surface area contributed by atoms with Crippen LogP contribution in [0.2, 0.25) is 5.02 Å². The van der Waals surface area contributed by atoms with Crippen molar-refractivity contribution in [1.82, 2.24) is 9.88 Å². The summed E-state index contributed by atoms with van der Waals surface area (Å²) in [6, 6.07) is 5.30. The van der Waals surface area contributed by atoms with Crippen LogP contribution in [-0.4, -0.2) is 58.7 Å². The van der Waals surface area contributed by atoms with Crippen LogP contribution in [0.25, 0.3) is 10.9 Å². The summed E-state index contributed by atoms with van der Waals surface area (Å²) in [5, 5.41) is 11.8. The molecule has 2 heterocycles. The van der Waals surface area contributed by atoms with Crippen LogP contribution in [0, 0.1) is 5.41 Å². The molecule has 36 heavy (non-hydrogen) atoms. The van der Waals surface area contributed by atoms with Gasteiger partial charge in [0, 0.05) is 22.4 Å². The van der Waals surface area contributed by atoms with Gasteiger partial charge in [0.2, 0.25) is 0 Å². The highest BCUT2D eigenvalue weighted by Crippen LogP contribution is 2.42. The predicted octanol–water partition coefficient (Wildman–Crippen LogP) is 7.31. The molecule has 0 amide bonds. The Morgan fingerprint density at radius 2 is 2.06 bits per heavy atom. The maximum absolute atomic E-state index is 15.6. The number of pyridine rings is 1. The predicted molar refractivity (Wildman–Crippen MR) is 146 cm³/mol. The largest absolute Gasteiger partial charge is 0.497 e. The number of hydrogen-bond donors (Lipinski definition) is 1. The summed E-state index contributed by atoms with van der Waals surface area (Å²) < 4.78 is 20.9. The Morgan fingerprint density at radius 1 is 1.31 bits per heavy atom. The first-order valence-corrected chi connectivity index (χ1v) is 14.7. The first-order chi connectivity index (χ1) is 17.4. The third-order valence-electron chi connectivity index (χ3n) is 8.05. The van der Waals surface area contributed by atoms with Gasteiger partial charge in [-0.1, -0.05) is 30.9 Å². The molecule has 1 atom stereocenters. The summed E-state index contributed by atoms with van der Waals surface area (Å²) in [6.45, 7) is 2.53. The van der Waals surface area contributed by atoms with Crippen molar-refractivity contribution >= 4 is 40.2 Å². The van der Waals surface area contributed by atoms with E-state index in [-0.39, 0.29) is 11.4 Å². The smallest absolute Gasteiger partial charge is 0.309 e. The van der Waals surface area contributed by atoms with Crippen LogP contribution >= 0.6 is 23.4 Å². The van der Waals surface area contributed by atoms with Crippen molar-refractivity contribution in [2.75, 3.05) is 32.5 Å². The highest BCUT2D eigenvalue weighted by Gasteiger charge is 2.41. The van der Waals surface area contributed by atoms with Crippen LogP contribution in [0.4, 0.5) is 4.39 Å². The first kappa shape index (κ1) is 27.5. The van der Waals surface area contributed by atoms with E-state index in [0.717, 1.165) is 31.3 Å². The molecule has 198 valence electrons. The van der Waals surface area contributed by atoms with Gasteiger partial charge in [-0.3, -0.25) is 9.78 Å². The lowest BCUT2D eigenvalue weighted by Gasteiger charge is -2.39. The Balaban J connectivity index is 1.32. The van der Waals surface area contributed by atoms with Gasteiger partial charge < -0.3 is 14.7 Å². The molecule has 2 aromatic rings. The van der Waals surface area contributed by atoms with Crippen molar-refractivity contribution in [2.24, 2.45) is 5.41 Å². The van der Waals surface area contributed by atoms with Crippen molar-refractivity contribution in [3.05, 3.63) is 35.0 Å². The summed E-state index contributed by atoms with van der Waals surface area (Å²) in [7, 11) is 1.56. The van der Waals surface area contributed by atoms with E-state index in [2.05, 4.69) is 21.6 Å². The Hall–Kier alpha value is -1.57. The van der Waals surface area contributed by atoms with E-state index in [4.69, 9.17) is 16.3 Å². The number of nitrogens with zero attached hydrogens (tertiary/aromatic N) is 2. The summed E-state index contributed by atoms with van der Waals surface area (Å²) in [6.07, 6.45) is 9.62. The number of aromatic nitrogens is 1. The van der Waals surface area contributed by atoms with Gasteiger partial charge in [-0.25, -0.2) is 4.39 Å².